The van der Waals surface area contributed by atoms with E-state index < -0.39 is 29.2 Å². The largest absolute Gasteiger partial charge is 0.444 e. The summed E-state index contributed by atoms with van der Waals surface area (Å²) in [4.78, 5) is 26.0. The van der Waals surface area contributed by atoms with E-state index in [1.807, 2.05) is 0 Å². The molecule has 0 saturated carbocycles. The minimum absolute atomic E-state index is 0.00135. The number of benzene rings is 1. The van der Waals surface area contributed by atoms with Crippen LogP contribution in [0.2, 0.25) is 0 Å². The second kappa shape index (κ2) is 6.64. The number of likely N-dealkylation sites (tertiary alicyclic amines) is 1. The van der Waals surface area contributed by atoms with Crippen molar-refractivity contribution in [3.8, 4) is 0 Å². The standard InChI is InChI=1S/C17H21F2NO3/c1-17(2,3)23-16(22)20-6-4-5-11(10-20)15(21)12-7-13(18)9-14(19)8-12/h7-9,11H,4-6,10H2,1-3H3. The minimum atomic E-state index is -0.784. The van der Waals surface area contributed by atoms with Gasteiger partial charge in [0.2, 0.25) is 0 Å². The third-order valence-corrected chi connectivity index (χ3v) is 3.59. The smallest absolute Gasteiger partial charge is 0.410 e. The molecule has 1 aromatic rings. The molecule has 126 valence electrons. The van der Waals surface area contributed by atoms with Crippen LogP contribution in [-0.4, -0.2) is 35.5 Å². The van der Waals surface area contributed by atoms with E-state index in [0.29, 0.717) is 19.4 Å². The molecule has 0 bridgehead atoms. The van der Waals surface area contributed by atoms with Crippen molar-refractivity contribution < 1.29 is 23.1 Å². The van der Waals surface area contributed by atoms with Crippen LogP contribution in [0.4, 0.5) is 13.6 Å². The topological polar surface area (TPSA) is 46.6 Å². The Hall–Kier alpha value is -1.98. The summed E-state index contributed by atoms with van der Waals surface area (Å²) in [5.74, 6) is -2.39. The first kappa shape index (κ1) is 17.4. The molecule has 6 heteroatoms. The number of piperidine rings is 1. The van der Waals surface area contributed by atoms with Gasteiger partial charge in [-0.05, 0) is 45.7 Å². The Bertz CT molecular complexity index is 590. The van der Waals surface area contributed by atoms with Gasteiger partial charge in [0, 0.05) is 30.6 Å². The lowest BCUT2D eigenvalue weighted by molar-refractivity contribution is 0.0172. The second-order valence-electron chi connectivity index (χ2n) is 6.79. The number of ether oxygens (including phenoxy) is 1. The number of Topliss-reactive ketones (excluding diaryl/α,β-unsaturated/α-hetero) is 1. The lowest BCUT2D eigenvalue weighted by Gasteiger charge is -2.33. The molecule has 2 rings (SSSR count). The van der Waals surface area contributed by atoms with Crippen LogP contribution in [0.25, 0.3) is 0 Å². The molecule has 1 atom stereocenters. The number of carbonyl (C=O) groups excluding carboxylic acids is 2. The summed E-state index contributed by atoms with van der Waals surface area (Å²) in [5.41, 5.74) is -0.613. The van der Waals surface area contributed by atoms with E-state index >= 15 is 0 Å². The number of halogens is 2. The molecule has 0 spiro atoms. The van der Waals surface area contributed by atoms with E-state index in [-0.39, 0.29) is 17.9 Å². The molecule has 0 radical (unpaired) electrons. The summed E-state index contributed by atoms with van der Waals surface area (Å²) in [5, 5.41) is 0. The van der Waals surface area contributed by atoms with Gasteiger partial charge in [-0.1, -0.05) is 0 Å². The lowest BCUT2D eigenvalue weighted by atomic mass is 9.90. The highest BCUT2D eigenvalue weighted by molar-refractivity contribution is 5.98. The van der Waals surface area contributed by atoms with Crippen molar-refractivity contribution in [1.82, 2.24) is 4.90 Å². The molecule has 23 heavy (non-hydrogen) atoms. The van der Waals surface area contributed by atoms with E-state index in [1.54, 1.807) is 20.8 Å². The monoisotopic (exact) mass is 325 g/mol. The molecule has 1 fully saturated rings. The molecule has 1 unspecified atom stereocenters. The van der Waals surface area contributed by atoms with E-state index in [1.165, 1.54) is 4.90 Å². The predicted octanol–water partition coefficient (Wildman–Crippen LogP) is 3.79. The molecule has 1 aromatic carbocycles. The van der Waals surface area contributed by atoms with E-state index in [9.17, 15) is 18.4 Å². The Kier molecular flexibility index (Phi) is 5.02. The van der Waals surface area contributed by atoms with Crippen molar-refractivity contribution >= 4 is 11.9 Å². The third kappa shape index (κ3) is 4.74. The molecule has 4 nitrogen and oxygen atoms in total. The van der Waals surface area contributed by atoms with Crippen molar-refractivity contribution in [2.75, 3.05) is 13.1 Å². The normalized spacial score (nSPS) is 18.7. The third-order valence-electron chi connectivity index (χ3n) is 3.59. The number of nitrogens with zero attached hydrogens (tertiary/aromatic N) is 1. The molecule has 1 heterocycles. The molecule has 0 N–H and O–H groups in total. The molecule has 1 aliphatic rings. The van der Waals surface area contributed by atoms with E-state index in [4.69, 9.17) is 4.74 Å². The summed E-state index contributed by atoms with van der Waals surface area (Å²) >= 11 is 0. The first-order valence-electron chi connectivity index (χ1n) is 7.64. The maximum atomic E-state index is 13.3. The van der Waals surface area contributed by atoms with Crippen molar-refractivity contribution in [3.63, 3.8) is 0 Å². The first-order valence-corrected chi connectivity index (χ1v) is 7.64. The summed E-state index contributed by atoms with van der Waals surface area (Å²) in [6, 6.07) is 2.78. The van der Waals surface area contributed by atoms with Crippen molar-refractivity contribution in [2.24, 2.45) is 5.92 Å². The Labute approximate surface area is 134 Å². The number of carbonyl (C=O) groups is 2. The lowest BCUT2D eigenvalue weighted by Crippen LogP contribution is -2.44. The molecule has 1 aliphatic heterocycles. The number of ketones is 1. The quantitative estimate of drug-likeness (QED) is 0.777. The zero-order valence-electron chi connectivity index (χ0n) is 13.6. The molecular weight excluding hydrogens is 304 g/mol. The van der Waals surface area contributed by atoms with Crippen LogP contribution in [0.3, 0.4) is 0 Å². The van der Waals surface area contributed by atoms with Gasteiger partial charge in [-0.2, -0.15) is 0 Å². The van der Waals surface area contributed by atoms with Gasteiger partial charge < -0.3 is 9.64 Å². The molecule has 1 amide bonds. The van der Waals surface area contributed by atoms with Crippen LogP contribution in [0.15, 0.2) is 18.2 Å². The van der Waals surface area contributed by atoms with Crippen LogP contribution in [0.1, 0.15) is 44.0 Å². The molecule has 0 aliphatic carbocycles. The first-order chi connectivity index (χ1) is 10.7. The van der Waals surface area contributed by atoms with Crippen LogP contribution < -0.4 is 0 Å². The summed E-state index contributed by atoms with van der Waals surface area (Å²) in [6.45, 7) is 6.02. The number of amides is 1. The van der Waals surface area contributed by atoms with Gasteiger partial charge in [0.1, 0.15) is 17.2 Å². The highest BCUT2D eigenvalue weighted by Gasteiger charge is 2.31. The Morgan fingerprint density at radius 3 is 2.35 bits per heavy atom. The van der Waals surface area contributed by atoms with E-state index in [2.05, 4.69) is 0 Å². The zero-order chi connectivity index (χ0) is 17.2. The van der Waals surface area contributed by atoms with Gasteiger partial charge in [-0.25, -0.2) is 13.6 Å². The average Bonchev–Trinajstić information content (AvgIpc) is 2.44. The van der Waals surface area contributed by atoms with Crippen LogP contribution in [0.5, 0.6) is 0 Å². The summed E-state index contributed by atoms with van der Waals surface area (Å²) < 4.78 is 31.8. The number of hydrogen-bond donors (Lipinski definition) is 0. The highest BCUT2D eigenvalue weighted by Crippen LogP contribution is 2.23. The van der Waals surface area contributed by atoms with Crippen molar-refractivity contribution in [2.45, 2.75) is 39.2 Å². The maximum Gasteiger partial charge on any atom is 0.410 e. The highest BCUT2D eigenvalue weighted by atomic mass is 19.1. The Morgan fingerprint density at radius 1 is 1.17 bits per heavy atom. The molecular formula is C17H21F2NO3. The number of rotatable bonds is 2. The van der Waals surface area contributed by atoms with Crippen LogP contribution in [0, 0.1) is 17.6 Å². The second-order valence-corrected chi connectivity index (χ2v) is 6.79. The average molecular weight is 325 g/mol. The SMILES string of the molecule is CC(C)(C)OC(=O)N1CCCC(C(=O)c2cc(F)cc(F)c2)C1. The van der Waals surface area contributed by atoms with Crippen molar-refractivity contribution in [3.05, 3.63) is 35.4 Å². The number of hydrogen-bond acceptors (Lipinski definition) is 3. The van der Waals surface area contributed by atoms with Crippen LogP contribution >= 0.6 is 0 Å². The fourth-order valence-corrected chi connectivity index (χ4v) is 2.62. The minimum Gasteiger partial charge on any atom is -0.444 e. The van der Waals surface area contributed by atoms with Gasteiger partial charge >= 0.3 is 6.09 Å². The molecule has 1 saturated heterocycles. The summed E-state index contributed by atoms with van der Waals surface area (Å²) in [6.07, 6.45) is 0.754. The van der Waals surface area contributed by atoms with Gasteiger partial charge in [-0.3, -0.25) is 4.79 Å². The van der Waals surface area contributed by atoms with E-state index in [0.717, 1.165) is 18.2 Å². The predicted molar refractivity (Wildman–Crippen MR) is 81.2 cm³/mol. The van der Waals surface area contributed by atoms with Crippen LogP contribution in [-0.2, 0) is 4.74 Å². The van der Waals surface area contributed by atoms with Gasteiger partial charge in [-0.15, -0.1) is 0 Å². The molecule has 0 aromatic heterocycles. The Balaban J connectivity index is 2.08. The zero-order valence-corrected chi connectivity index (χ0v) is 13.6. The maximum absolute atomic E-state index is 13.3. The van der Waals surface area contributed by atoms with Gasteiger partial charge in [0.25, 0.3) is 0 Å². The summed E-state index contributed by atoms with van der Waals surface area (Å²) in [7, 11) is 0. The van der Waals surface area contributed by atoms with Gasteiger partial charge in [0.15, 0.2) is 5.78 Å². The fourth-order valence-electron chi connectivity index (χ4n) is 2.62. The Morgan fingerprint density at radius 2 is 1.78 bits per heavy atom. The van der Waals surface area contributed by atoms with Crippen molar-refractivity contribution in [1.29, 1.82) is 0 Å². The van der Waals surface area contributed by atoms with Gasteiger partial charge in [0.05, 0.1) is 0 Å². The fraction of sp³-hybridized carbons (Fsp3) is 0.529.